The van der Waals surface area contributed by atoms with Crippen LogP contribution in [-0.2, 0) is 4.79 Å². The molecule has 0 aromatic heterocycles. The number of carbonyl (C=O) groups excluding carboxylic acids is 1. The van der Waals surface area contributed by atoms with E-state index in [-0.39, 0.29) is 12.0 Å². The van der Waals surface area contributed by atoms with Crippen LogP contribution in [0.5, 0.6) is 0 Å². The average Bonchev–Trinajstić information content (AvgIpc) is 2.43. The number of aliphatic hydroxyl groups excluding tert-OH is 1. The highest BCUT2D eigenvalue weighted by molar-refractivity contribution is 5.76. The lowest BCUT2D eigenvalue weighted by Gasteiger charge is -2.39. The van der Waals surface area contributed by atoms with Gasteiger partial charge in [0.25, 0.3) is 0 Å². The van der Waals surface area contributed by atoms with Gasteiger partial charge in [0.15, 0.2) is 0 Å². The van der Waals surface area contributed by atoms with Gasteiger partial charge in [0.1, 0.15) is 0 Å². The quantitative estimate of drug-likeness (QED) is 0.752. The van der Waals surface area contributed by atoms with Gasteiger partial charge in [-0.2, -0.15) is 0 Å². The van der Waals surface area contributed by atoms with E-state index in [1.807, 2.05) is 18.7 Å². The van der Waals surface area contributed by atoms with Gasteiger partial charge in [0.2, 0.25) is 5.91 Å². The summed E-state index contributed by atoms with van der Waals surface area (Å²) in [6.45, 7) is 10.9. The molecule has 1 saturated heterocycles. The predicted molar refractivity (Wildman–Crippen MR) is 82.5 cm³/mol. The zero-order valence-electron chi connectivity index (χ0n) is 13.6. The first-order valence-electron chi connectivity index (χ1n) is 8.15. The molecule has 20 heavy (non-hydrogen) atoms. The van der Waals surface area contributed by atoms with E-state index in [2.05, 4.69) is 19.2 Å². The standard InChI is InChI=1S/C16H32N2O2/c1-5-15(19)8-13-7-14(17-9-12(3)4)11-18(10-13)16(20)6-2/h12-15,17,19H,5-11H2,1-4H3. The van der Waals surface area contributed by atoms with E-state index in [1.54, 1.807) is 0 Å². The molecule has 3 unspecified atom stereocenters. The molecule has 4 nitrogen and oxygen atoms in total. The Balaban J connectivity index is 2.59. The molecular formula is C16H32N2O2. The minimum atomic E-state index is -0.234. The number of aliphatic hydroxyl groups is 1. The number of carbonyl (C=O) groups is 1. The molecule has 1 aliphatic heterocycles. The summed E-state index contributed by atoms with van der Waals surface area (Å²) in [4.78, 5) is 14.0. The maximum atomic E-state index is 12.0. The molecule has 118 valence electrons. The lowest BCUT2D eigenvalue weighted by molar-refractivity contribution is -0.133. The highest BCUT2D eigenvalue weighted by atomic mass is 16.3. The topological polar surface area (TPSA) is 52.6 Å². The Hall–Kier alpha value is -0.610. The fourth-order valence-electron chi connectivity index (χ4n) is 2.90. The molecule has 0 saturated carbocycles. The highest BCUT2D eigenvalue weighted by Gasteiger charge is 2.30. The SMILES string of the molecule is CCC(=O)N1CC(CC(O)CC)CC(NCC(C)C)C1. The summed E-state index contributed by atoms with van der Waals surface area (Å²) in [6, 6.07) is 0.371. The van der Waals surface area contributed by atoms with Crippen molar-refractivity contribution >= 4 is 5.91 Å². The van der Waals surface area contributed by atoms with E-state index >= 15 is 0 Å². The molecule has 2 N–H and O–H groups in total. The Morgan fingerprint density at radius 1 is 1.35 bits per heavy atom. The summed E-state index contributed by atoms with van der Waals surface area (Å²) in [5, 5.41) is 13.4. The second-order valence-electron chi connectivity index (χ2n) is 6.55. The minimum absolute atomic E-state index is 0.233. The maximum Gasteiger partial charge on any atom is 0.222 e. The molecule has 1 heterocycles. The number of likely N-dealkylation sites (tertiary alicyclic amines) is 1. The van der Waals surface area contributed by atoms with Gasteiger partial charge in [-0.1, -0.05) is 27.7 Å². The zero-order valence-corrected chi connectivity index (χ0v) is 13.6. The Morgan fingerprint density at radius 2 is 2.05 bits per heavy atom. The third-order valence-corrected chi connectivity index (χ3v) is 4.08. The largest absolute Gasteiger partial charge is 0.393 e. The molecule has 1 rings (SSSR count). The van der Waals surface area contributed by atoms with E-state index in [0.717, 1.165) is 38.9 Å². The van der Waals surface area contributed by atoms with Crippen LogP contribution < -0.4 is 5.32 Å². The monoisotopic (exact) mass is 284 g/mol. The molecule has 3 atom stereocenters. The van der Waals surface area contributed by atoms with Crippen LogP contribution >= 0.6 is 0 Å². The van der Waals surface area contributed by atoms with Gasteiger partial charge in [-0.3, -0.25) is 4.79 Å². The van der Waals surface area contributed by atoms with E-state index < -0.39 is 0 Å². The van der Waals surface area contributed by atoms with Gasteiger partial charge >= 0.3 is 0 Å². The lowest BCUT2D eigenvalue weighted by Crippen LogP contribution is -2.52. The summed E-state index contributed by atoms with van der Waals surface area (Å²) < 4.78 is 0. The Bertz CT molecular complexity index is 294. The third kappa shape index (κ3) is 5.80. The second-order valence-corrected chi connectivity index (χ2v) is 6.55. The van der Waals surface area contributed by atoms with Gasteiger partial charge in [-0.25, -0.2) is 0 Å². The van der Waals surface area contributed by atoms with E-state index in [4.69, 9.17) is 0 Å². The van der Waals surface area contributed by atoms with Crippen LogP contribution in [0, 0.1) is 11.8 Å². The maximum absolute atomic E-state index is 12.0. The molecule has 1 fully saturated rings. The number of rotatable bonds is 7. The number of amides is 1. The fourth-order valence-corrected chi connectivity index (χ4v) is 2.90. The summed E-state index contributed by atoms with van der Waals surface area (Å²) in [6.07, 6.45) is 3.01. The molecule has 1 aliphatic rings. The second kappa shape index (κ2) is 8.63. The fraction of sp³-hybridized carbons (Fsp3) is 0.938. The normalized spacial score (nSPS) is 25.0. The van der Waals surface area contributed by atoms with Crippen LogP contribution in [0.25, 0.3) is 0 Å². The van der Waals surface area contributed by atoms with Crippen molar-refractivity contribution in [3.63, 3.8) is 0 Å². The number of nitrogens with one attached hydrogen (secondary N) is 1. The van der Waals surface area contributed by atoms with Gasteiger partial charge in [0, 0.05) is 25.6 Å². The van der Waals surface area contributed by atoms with Crippen LogP contribution in [-0.4, -0.2) is 47.7 Å². The molecule has 0 aliphatic carbocycles. The van der Waals surface area contributed by atoms with E-state index in [9.17, 15) is 9.90 Å². The van der Waals surface area contributed by atoms with Crippen molar-refractivity contribution in [3.05, 3.63) is 0 Å². The minimum Gasteiger partial charge on any atom is -0.393 e. The molecule has 0 bridgehead atoms. The van der Waals surface area contributed by atoms with Crippen molar-refractivity contribution in [1.29, 1.82) is 0 Å². The number of piperidine rings is 1. The third-order valence-electron chi connectivity index (χ3n) is 4.08. The first-order chi connectivity index (χ1) is 9.46. The van der Waals surface area contributed by atoms with Crippen molar-refractivity contribution in [1.82, 2.24) is 10.2 Å². The summed E-state index contributed by atoms with van der Waals surface area (Å²) in [5.74, 6) is 1.27. The van der Waals surface area contributed by atoms with Gasteiger partial charge in [-0.15, -0.1) is 0 Å². The zero-order chi connectivity index (χ0) is 15.1. The van der Waals surface area contributed by atoms with Crippen molar-refractivity contribution < 1.29 is 9.90 Å². The molecule has 0 spiro atoms. The summed E-state index contributed by atoms with van der Waals surface area (Å²) in [7, 11) is 0. The van der Waals surface area contributed by atoms with E-state index in [1.165, 1.54) is 0 Å². The predicted octanol–water partition coefficient (Wildman–Crippen LogP) is 2.02. The summed E-state index contributed by atoms with van der Waals surface area (Å²) >= 11 is 0. The average molecular weight is 284 g/mol. The Morgan fingerprint density at radius 3 is 2.60 bits per heavy atom. The molecule has 1 amide bonds. The van der Waals surface area contributed by atoms with E-state index in [0.29, 0.717) is 24.3 Å². The van der Waals surface area contributed by atoms with Crippen LogP contribution in [0.3, 0.4) is 0 Å². The van der Waals surface area contributed by atoms with Crippen molar-refractivity contribution in [3.8, 4) is 0 Å². The Kier molecular flexibility index (Phi) is 7.52. The highest BCUT2D eigenvalue weighted by Crippen LogP contribution is 2.23. The van der Waals surface area contributed by atoms with Gasteiger partial charge in [0.05, 0.1) is 6.10 Å². The van der Waals surface area contributed by atoms with Gasteiger partial charge < -0.3 is 15.3 Å². The first kappa shape index (κ1) is 17.4. The van der Waals surface area contributed by atoms with Crippen molar-refractivity contribution in [2.75, 3.05) is 19.6 Å². The van der Waals surface area contributed by atoms with Crippen LogP contribution in [0.1, 0.15) is 53.4 Å². The first-order valence-corrected chi connectivity index (χ1v) is 8.15. The lowest BCUT2D eigenvalue weighted by atomic mass is 9.88. The molecular weight excluding hydrogens is 252 g/mol. The smallest absolute Gasteiger partial charge is 0.222 e. The molecule has 4 heteroatoms. The van der Waals surface area contributed by atoms with Gasteiger partial charge in [-0.05, 0) is 37.6 Å². The van der Waals surface area contributed by atoms with Crippen molar-refractivity contribution in [2.45, 2.75) is 65.5 Å². The Labute approximate surface area is 123 Å². The summed E-state index contributed by atoms with van der Waals surface area (Å²) in [5.41, 5.74) is 0. The van der Waals surface area contributed by atoms with Crippen LogP contribution in [0.4, 0.5) is 0 Å². The van der Waals surface area contributed by atoms with Crippen LogP contribution in [0.15, 0.2) is 0 Å². The number of hydrogen-bond acceptors (Lipinski definition) is 3. The molecule has 0 aromatic rings. The van der Waals surface area contributed by atoms with Crippen LogP contribution in [0.2, 0.25) is 0 Å². The van der Waals surface area contributed by atoms with Crippen molar-refractivity contribution in [2.24, 2.45) is 11.8 Å². The number of hydrogen-bond donors (Lipinski definition) is 2. The number of nitrogens with zero attached hydrogens (tertiary/aromatic N) is 1. The molecule has 0 radical (unpaired) electrons. The molecule has 0 aromatic carbocycles.